The van der Waals surface area contributed by atoms with Gasteiger partial charge in [0.05, 0.1) is 11.3 Å². The Morgan fingerprint density at radius 3 is 2.29 bits per heavy atom. The molecule has 0 aliphatic rings. The molecule has 0 aliphatic heterocycles. The molecular formula is C24H26F3N5O3. The minimum absolute atomic E-state index is 0.0371. The Morgan fingerprint density at radius 1 is 1.06 bits per heavy atom. The molecular weight excluding hydrogens is 463 g/mol. The topological polar surface area (TPSA) is 126 Å². The largest absolute Gasteiger partial charge is 0.473 e. The molecule has 0 spiro atoms. The van der Waals surface area contributed by atoms with Gasteiger partial charge in [0.1, 0.15) is 24.2 Å². The number of primary amides is 1. The fraction of sp³-hybridized carbons (Fsp3) is 0.333. The summed E-state index contributed by atoms with van der Waals surface area (Å²) in [6, 6.07) is 8.18. The number of carbonyl (C=O) groups is 1. The summed E-state index contributed by atoms with van der Waals surface area (Å²) >= 11 is 0. The summed E-state index contributed by atoms with van der Waals surface area (Å²) in [5.74, 6) is -0.666. The first-order valence-electron chi connectivity index (χ1n) is 10.6. The zero-order chi connectivity index (χ0) is 25.9. The van der Waals surface area contributed by atoms with Crippen LogP contribution in [0.4, 0.5) is 23.9 Å². The molecule has 1 unspecified atom stereocenters. The smallest absolute Gasteiger partial charge is 0.404 e. The van der Waals surface area contributed by atoms with Gasteiger partial charge in [0.15, 0.2) is 0 Å². The maximum atomic E-state index is 13.6. The number of anilines is 1. The maximum absolute atomic E-state index is 13.6. The van der Waals surface area contributed by atoms with Gasteiger partial charge in [-0.1, -0.05) is 20.8 Å². The molecule has 2 heterocycles. The highest BCUT2D eigenvalue weighted by atomic mass is 19.3. The van der Waals surface area contributed by atoms with Crippen LogP contribution in [-0.4, -0.2) is 33.8 Å². The number of ether oxygens (including phenoxy) is 2. The van der Waals surface area contributed by atoms with Crippen molar-refractivity contribution in [1.29, 1.82) is 0 Å². The second-order valence-corrected chi connectivity index (χ2v) is 8.94. The lowest BCUT2D eigenvalue weighted by Gasteiger charge is -2.29. The number of nitrogens with zero attached hydrogens (tertiary/aromatic N) is 3. The number of nitrogens with two attached hydrogens (primary N) is 2. The van der Waals surface area contributed by atoms with E-state index in [0.29, 0.717) is 16.8 Å². The first kappa shape index (κ1) is 25.7. The van der Waals surface area contributed by atoms with Crippen molar-refractivity contribution in [2.45, 2.75) is 40.2 Å². The van der Waals surface area contributed by atoms with Crippen molar-refractivity contribution in [2.75, 3.05) is 12.3 Å². The molecule has 0 bridgehead atoms. The first-order chi connectivity index (χ1) is 16.3. The number of rotatable bonds is 7. The van der Waals surface area contributed by atoms with E-state index < -0.39 is 35.5 Å². The van der Waals surface area contributed by atoms with Crippen molar-refractivity contribution in [1.82, 2.24) is 15.0 Å². The first-order valence-corrected chi connectivity index (χ1v) is 10.6. The van der Waals surface area contributed by atoms with Gasteiger partial charge in [0.2, 0.25) is 11.8 Å². The average Bonchev–Trinajstić information content (AvgIpc) is 2.75. The third kappa shape index (κ3) is 6.37. The van der Waals surface area contributed by atoms with Gasteiger partial charge in [-0.25, -0.2) is 22.9 Å². The Bertz CT molecular complexity index is 1210. The molecule has 0 saturated carbocycles. The lowest BCUT2D eigenvalue weighted by atomic mass is 9.89. The summed E-state index contributed by atoms with van der Waals surface area (Å²) in [7, 11) is 0. The third-order valence-corrected chi connectivity index (χ3v) is 5.09. The number of alkyl halides is 2. The van der Waals surface area contributed by atoms with E-state index in [1.54, 1.807) is 13.0 Å². The van der Waals surface area contributed by atoms with Crippen LogP contribution in [0.1, 0.15) is 38.6 Å². The van der Waals surface area contributed by atoms with Crippen LogP contribution in [0.2, 0.25) is 0 Å². The van der Waals surface area contributed by atoms with Crippen LogP contribution in [0.25, 0.3) is 22.4 Å². The van der Waals surface area contributed by atoms with Gasteiger partial charge in [-0.05, 0) is 48.9 Å². The Morgan fingerprint density at radius 2 is 1.71 bits per heavy atom. The van der Waals surface area contributed by atoms with Gasteiger partial charge in [-0.2, -0.15) is 4.98 Å². The standard InChI is InChI=1S/C24H26F3N5O3/c1-12-9-14(10-16(30-12)20(26)27)18-19(13-5-7-15(25)8-6-13)31-22(28)32-21(18)34-11-17(24(2,3)4)35-23(29)33/h5-10,17,20H,11H2,1-4H3,(H2,29,33)(H2,28,31,32). The van der Waals surface area contributed by atoms with Gasteiger partial charge < -0.3 is 20.9 Å². The fourth-order valence-electron chi connectivity index (χ4n) is 3.34. The minimum Gasteiger partial charge on any atom is -0.473 e. The SMILES string of the molecule is Cc1cc(-c2c(OCC(OC(N)=O)C(C)(C)C)nc(N)nc2-c2ccc(F)cc2)cc(C(F)F)n1. The number of pyridine rings is 1. The van der Waals surface area contributed by atoms with E-state index in [0.717, 1.165) is 0 Å². The number of hydrogen-bond acceptors (Lipinski definition) is 7. The molecule has 0 aliphatic carbocycles. The molecule has 0 radical (unpaired) electrons. The normalized spacial score (nSPS) is 12.5. The van der Waals surface area contributed by atoms with Crippen molar-refractivity contribution in [3.8, 4) is 28.3 Å². The van der Waals surface area contributed by atoms with Crippen molar-refractivity contribution >= 4 is 12.0 Å². The third-order valence-electron chi connectivity index (χ3n) is 5.09. The Kier molecular flexibility index (Phi) is 7.47. The summed E-state index contributed by atoms with van der Waals surface area (Å²) in [6.45, 7) is 6.88. The van der Waals surface area contributed by atoms with E-state index in [2.05, 4.69) is 15.0 Å². The second kappa shape index (κ2) is 10.2. The molecule has 4 N–H and O–H groups in total. The number of hydrogen-bond donors (Lipinski definition) is 2. The Labute approximate surface area is 200 Å². The van der Waals surface area contributed by atoms with Gasteiger partial charge in [-0.15, -0.1) is 0 Å². The van der Waals surface area contributed by atoms with Gasteiger partial charge in [0, 0.05) is 16.7 Å². The Balaban J connectivity index is 2.20. The van der Waals surface area contributed by atoms with Crippen LogP contribution in [0.15, 0.2) is 36.4 Å². The zero-order valence-corrected chi connectivity index (χ0v) is 19.7. The van der Waals surface area contributed by atoms with Crippen LogP contribution in [0, 0.1) is 18.2 Å². The number of aromatic nitrogens is 3. The fourth-order valence-corrected chi connectivity index (χ4v) is 3.34. The molecule has 11 heteroatoms. The number of halogens is 3. The van der Waals surface area contributed by atoms with E-state index >= 15 is 0 Å². The molecule has 0 saturated heterocycles. The molecule has 1 atom stereocenters. The van der Waals surface area contributed by atoms with E-state index in [1.807, 2.05) is 20.8 Å². The molecule has 8 nitrogen and oxygen atoms in total. The predicted molar refractivity (Wildman–Crippen MR) is 124 cm³/mol. The summed E-state index contributed by atoms with van der Waals surface area (Å²) in [4.78, 5) is 23.8. The highest BCUT2D eigenvalue weighted by Crippen LogP contribution is 2.39. The van der Waals surface area contributed by atoms with Gasteiger partial charge >= 0.3 is 6.09 Å². The molecule has 186 valence electrons. The number of carbonyl (C=O) groups excluding carboxylic acids is 1. The summed E-state index contributed by atoms with van der Waals surface area (Å²) < 4.78 is 51.8. The number of nitrogen functional groups attached to an aromatic ring is 1. The molecule has 0 fully saturated rings. The lowest BCUT2D eigenvalue weighted by molar-refractivity contribution is 0.00493. The molecule has 3 rings (SSSR count). The highest BCUT2D eigenvalue weighted by molar-refractivity contribution is 5.85. The van der Waals surface area contributed by atoms with Crippen LogP contribution in [-0.2, 0) is 4.74 Å². The van der Waals surface area contributed by atoms with Crippen LogP contribution in [0.3, 0.4) is 0 Å². The minimum atomic E-state index is -2.82. The molecule has 1 aromatic carbocycles. The van der Waals surface area contributed by atoms with Crippen LogP contribution >= 0.6 is 0 Å². The number of amides is 1. The Hall–Kier alpha value is -3.89. The van der Waals surface area contributed by atoms with E-state index in [9.17, 15) is 18.0 Å². The average molecular weight is 489 g/mol. The zero-order valence-electron chi connectivity index (χ0n) is 19.7. The maximum Gasteiger partial charge on any atom is 0.404 e. The predicted octanol–water partition coefficient (Wildman–Crippen LogP) is 5.06. The number of aryl methyl sites for hydroxylation is 1. The van der Waals surface area contributed by atoms with Crippen molar-refractivity contribution in [2.24, 2.45) is 11.1 Å². The molecule has 1 amide bonds. The van der Waals surface area contributed by atoms with Crippen LogP contribution in [0.5, 0.6) is 5.88 Å². The summed E-state index contributed by atoms with van der Waals surface area (Å²) in [5, 5.41) is 0. The van der Waals surface area contributed by atoms with Crippen molar-refractivity contribution < 1.29 is 27.4 Å². The van der Waals surface area contributed by atoms with E-state index in [-0.39, 0.29) is 29.7 Å². The van der Waals surface area contributed by atoms with E-state index in [4.69, 9.17) is 20.9 Å². The van der Waals surface area contributed by atoms with Gasteiger partial charge in [0.25, 0.3) is 6.43 Å². The van der Waals surface area contributed by atoms with Crippen molar-refractivity contribution in [3.63, 3.8) is 0 Å². The molecule has 2 aromatic heterocycles. The summed E-state index contributed by atoms with van der Waals surface area (Å²) in [6.07, 6.45) is -4.57. The summed E-state index contributed by atoms with van der Waals surface area (Å²) in [5.41, 5.74) is 11.7. The lowest BCUT2D eigenvalue weighted by Crippen LogP contribution is -2.38. The quantitative estimate of drug-likeness (QED) is 0.475. The number of benzene rings is 1. The molecule has 3 aromatic rings. The van der Waals surface area contributed by atoms with Gasteiger partial charge in [-0.3, -0.25) is 4.98 Å². The van der Waals surface area contributed by atoms with Crippen LogP contribution < -0.4 is 16.2 Å². The second-order valence-electron chi connectivity index (χ2n) is 8.94. The van der Waals surface area contributed by atoms with Crippen molar-refractivity contribution in [3.05, 3.63) is 53.6 Å². The molecule has 35 heavy (non-hydrogen) atoms. The monoisotopic (exact) mass is 489 g/mol. The van der Waals surface area contributed by atoms with E-state index in [1.165, 1.54) is 30.3 Å². The highest BCUT2D eigenvalue weighted by Gasteiger charge is 2.30.